The molecular weight excluding hydrogens is 410 g/mol. The predicted molar refractivity (Wildman–Crippen MR) is 108 cm³/mol. The highest BCUT2D eigenvalue weighted by atomic mass is 79.9. The lowest BCUT2D eigenvalue weighted by Crippen LogP contribution is -2.23. The van der Waals surface area contributed by atoms with Crippen molar-refractivity contribution in [2.24, 2.45) is 0 Å². The summed E-state index contributed by atoms with van der Waals surface area (Å²) in [7, 11) is 0. The van der Waals surface area contributed by atoms with Gasteiger partial charge in [-0.2, -0.15) is 5.10 Å². The maximum Gasteiger partial charge on any atom is 0.411 e. The van der Waals surface area contributed by atoms with E-state index in [4.69, 9.17) is 4.74 Å². The summed E-state index contributed by atoms with van der Waals surface area (Å²) >= 11 is 3.44. The van der Waals surface area contributed by atoms with Crippen molar-refractivity contribution in [2.75, 3.05) is 11.9 Å². The first kappa shape index (κ1) is 18.8. The van der Waals surface area contributed by atoms with Gasteiger partial charge in [-0.15, -0.1) is 0 Å². The Morgan fingerprint density at radius 2 is 1.96 bits per heavy atom. The molecule has 138 valence electrons. The molecule has 0 aliphatic heterocycles. The number of halogens is 1. The van der Waals surface area contributed by atoms with Gasteiger partial charge in [0.25, 0.3) is 5.56 Å². The van der Waals surface area contributed by atoms with E-state index >= 15 is 0 Å². The normalized spacial score (nSPS) is 10.4. The molecule has 1 aromatic heterocycles. The molecule has 27 heavy (non-hydrogen) atoms. The maximum absolute atomic E-state index is 12.2. The highest BCUT2D eigenvalue weighted by Crippen LogP contribution is 2.20. The Bertz CT molecular complexity index is 1020. The fraction of sp³-hybridized carbons (Fsp3) is 0.150. The van der Waals surface area contributed by atoms with Crippen LogP contribution in [0.5, 0.6) is 0 Å². The van der Waals surface area contributed by atoms with Gasteiger partial charge in [0.1, 0.15) is 0 Å². The topological polar surface area (TPSA) is 73.2 Å². The van der Waals surface area contributed by atoms with Crippen LogP contribution < -0.4 is 10.9 Å². The number of aromatic nitrogens is 2. The number of anilines is 1. The Kier molecular flexibility index (Phi) is 6.03. The van der Waals surface area contributed by atoms with Crippen LogP contribution in [0.3, 0.4) is 0 Å². The number of hydrogen-bond acceptors (Lipinski definition) is 4. The van der Waals surface area contributed by atoms with Crippen LogP contribution in [-0.2, 0) is 11.3 Å². The first-order chi connectivity index (χ1) is 13.0. The molecule has 3 rings (SSSR count). The summed E-state index contributed by atoms with van der Waals surface area (Å²) in [6.45, 7) is 2.33. The Morgan fingerprint density at radius 1 is 1.15 bits per heavy atom. The molecule has 7 heteroatoms. The average molecular weight is 428 g/mol. The Hall–Kier alpha value is -2.93. The summed E-state index contributed by atoms with van der Waals surface area (Å²) in [6.07, 6.45) is -0.512. The van der Waals surface area contributed by atoms with Crippen molar-refractivity contribution in [3.8, 4) is 11.3 Å². The molecule has 0 spiro atoms. The van der Waals surface area contributed by atoms with E-state index in [1.54, 1.807) is 31.2 Å². The SMILES string of the molecule is CCOC(=O)Nc1cccc(Cn2nc(-c3cccc(Br)c3)ccc2=O)c1. The molecule has 0 saturated heterocycles. The van der Waals surface area contributed by atoms with Gasteiger partial charge in [0.15, 0.2) is 0 Å². The fourth-order valence-electron chi connectivity index (χ4n) is 2.57. The maximum atomic E-state index is 12.2. The van der Waals surface area contributed by atoms with Crippen LogP contribution in [0, 0.1) is 0 Å². The average Bonchev–Trinajstić information content (AvgIpc) is 2.64. The number of amides is 1. The van der Waals surface area contributed by atoms with Gasteiger partial charge in [0.05, 0.1) is 18.8 Å². The lowest BCUT2D eigenvalue weighted by atomic mass is 10.1. The van der Waals surface area contributed by atoms with Gasteiger partial charge in [0.2, 0.25) is 0 Å². The quantitative estimate of drug-likeness (QED) is 0.658. The zero-order chi connectivity index (χ0) is 19.2. The third-order valence-corrected chi connectivity index (χ3v) is 4.26. The number of ether oxygens (including phenoxy) is 1. The molecule has 0 fully saturated rings. The Labute approximate surface area is 164 Å². The number of carbonyl (C=O) groups is 1. The standard InChI is InChI=1S/C20H18BrN3O3/c1-2-27-20(26)22-17-8-3-5-14(11-17)13-24-19(25)10-9-18(23-24)15-6-4-7-16(21)12-15/h3-12H,2,13H2,1H3,(H,22,26). The molecule has 1 amide bonds. The highest BCUT2D eigenvalue weighted by molar-refractivity contribution is 9.10. The van der Waals surface area contributed by atoms with E-state index in [0.29, 0.717) is 24.5 Å². The van der Waals surface area contributed by atoms with Gasteiger partial charge < -0.3 is 4.74 Å². The van der Waals surface area contributed by atoms with Crippen LogP contribution >= 0.6 is 15.9 Å². The van der Waals surface area contributed by atoms with Gasteiger partial charge in [-0.25, -0.2) is 9.48 Å². The highest BCUT2D eigenvalue weighted by Gasteiger charge is 2.07. The molecule has 1 N–H and O–H groups in total. The summed E-state index contributed by atoms with van der Waals surface area (Å²) in [6, 6.07) is 18.2. The van der Waals surface area contributed by atoms with Crippen molar-refractivity contribution in [3.63, 3.8) is 0 Å². The van der Waals surface area contributed by atoms with Gasteiger partial charge in [-0.1, -0.05) is 40.2 Å². The minimum Gasteiger partial charge on any atom is -0.450 e. The van der Waals surface area contributed by atoms with E-state index in [2.05, 4.69) is 26.3 Å². The monoisotopic (exact) mass is 427 g/mol. The second kappa shape index (κ2) is 8.64. The van der Waals surface area contributed by atoms with Crippen LogP contribution in [0.2, 0.25) is 0 Å². The zero-order valence-corrected chi connectivity index (χ0v) is 16.3. The third-order valence-electron chi connectivity index (χ3n) is 3.77. The molecule has 1 heterocycles. The number of rotatable bonds is 5. The second-order valence-electron chi connectivity index (χ2n) is 5.77. The van der Waals surface area contributed by atoms with Crippen LogP contribution in [0.15, 0.2) is 69.9 Å². The molecule has 0 aliphatic rings. The number of benzene rings is 2. The van der Waals surface area contributed by atoms with Crippen molar-refractivity contribution in [1.29, 1.82) is 0 Å². The van der Waals surface area contributed by atoms with E-state index in [0.717, 1.165) is 15.6 Å². The van der Waals surface area contributed by atoms with Gasteiger partial charge in [-0.05, 0) is 42.8 Å². The Morgan fingerprint density at radius 3 is 2.74 bits per heavy atom. The van der Waals surface area contributed by atoms with Crippen molar-refractivity contribution < 1.29 is 9.53 Å². The summed E-state index contributed by atoms with van der Waals surface area (Å²) < 4.78 is 7.22. The van der Waals surface area contributed by atoms with Crippen molar-refractivity contribution in [2.45, 2.75) is 13.5 Å². The predicted octanol–water partition coefficient (Wildman–Crippen LogP) is 4.29. The summed E-state index contributed by atoms with van der Waals surface area (Å²) in [4.78, 5) is 23.8. The molecule has 0 saturated carbocycles. The fourth-order valence-corrected chi connectivity index (χ4v) is 2.97. The summed E-state index contributed by atoms with van der Waals surface area (Å²) in [5.74, 6) is 0. The molecule has 3 aromatic rings. The number of nitrogens with one attached hydrogen (secondary N) is 1. The second-order valence-corrected chi connectivity index (χ2v) is 6.69. The van der Waals surface area contributed by atoms with Gasteiger partial charge >= 0.3 is 6.09 Å². The van der Waals surface area contributed by atoms with Gasteiger partial charge in [-0.3, -0.25) is 10.1 Å². The van der Waals surface area contributed by atoms with E-state index in [1.165, 1.54) is 10.7 Å². The molecule has 0 bridgehead atoms. The van der Waals surface area contributed by atoms with Crippen molar-refractivity contribution >= 4 is 27.7 Å². The lowest BCUT2D eigenvalue weighted by Gasteiger charge is -2.10. The molecule has 0 radical (unpaired) electrons. The first-order valence-corrected chi connectivity index (χ1v) is 9.21. The molecule has 0 unspecified atom stereocenters. The number of nitrogens with zero attached hydrogens (tertiary/aromatic N) is 2. The van der Waals surface area contributed by atoms with Crippen molar-refractivity contribution in [3.05, 3.63) is 81.1 Å². The molecule has 0 aliphatic carbocycles. The van der Waals surface area contributed by atoms with Crippen LogP contribution in [-0.4, -0.2) is 22.5 Å². The first-order valence-electron chi connectivity index (χ1n) is 8.42. The van der Waals surface area contributed by atoms with Crippen LogP contribution in [0.1, 0.15) is 12.5 Å². The Balaban J connectivity index is 1.84. The molecule has 2 aromatic carbocycles. The lowest BCUT2D eigenvalue weighted by molar-refractivity contribution is 0.168. The number of hydrogen-bond donors (Lipinski definition) is 1. The minimum atomic E-state index is -0.512. The zero-order valence-electron chi connectivity index (χ0n) is 14.7. The third kappa shape index (κ3) is 5.04. The molecular formula is C20H18BrN3O3. The van der Waals surface area contributed by atoms with E-state index < -0.39 is 6.09 Å². The smallest absolute Gasteiger partial charge is 0.411 e. The van der Waals surface area contributed by atoms with E-state index in [-0.39, 0.29) is 5.56 Å². The van der Waals surface area contributed by atoms with Crippen molar-refractivity contribution in [1.82, 2.24) is 9.78 Å². The largest absolute Gasteiger partial charge is 0.450 e. The molecule has 6 nitrogen and oxygen atoms in total. The van der Waals surface area contributed by atoms with Crippen LogP contribution in [0.4, 0.5) is 10.5 Å². The van der Waals surface area contributed by atoms with E-state index in [1.807, 2.05) is 30.3 Å². The number of carbonyl (C=O) groups excluding carboxylic acids is 1. The summed E-state index contributed by atoms with van der Waals surface area (Å²) in [5.41, 5.74) is 2.86. The van der Waals surface area contributed by atoms with Crippen LogP contribution in [0.25, 0.3) is 11.3 Å². The van der Waals surface area contributed by atoms with E-state index in [9.17, 15) is 9.59 Å². The van der Waals surface area contributed by atoms with Gasteiger partial charge in [0, 0.05) is 21.8 Å². The summed E-state index contributed by atoms with van der Waals surface area (Å²) in [5, 5.41) is 7.12. The minimum absolute atomic E-state index is 0.197. The molecule has 0 atom stereocenters.